The van der Waals surface area contributed by atoms with E-state index in [4.69, 9.17) is 18.3 Å². The quantitative estimate of drug-likeness (QED) is 0.170. The number of ether oxygens (including phenoxy) is 1. The maximum atomic E-state index is 7.23. The Morgan fingerprint density at radius 2 is 1.13 bits per heavy atom. The molecule has 0 amide bonds. The summed E-state index contributed by atoms with van der Waals surface area (Å²) in [4.78, 5) is 0. The first-order chi connectivity index (χ1) is 24.8. The normalized spacial score (nSPS) is 17.3. The lowest BCUT2D eigenvalue weighted by molar-refractivity contribution is 0.375. The van der Waals surface area contributed by atoms with Crippen LogP contribution in [0.25, 0.3) is 0 Å². The second kappa shape index (κ2) is 11.8. The Bertz CT molecular complexity index is 2310. The fraction of sp³-hybridized carbons (Fsp3) is 0.302. The van der Waals surface area contributed by atoms with Gasteiger partial charge in [0.1, 0.15) is 5.75 Å². The molecule has 0 radical (unpaired) electrons. The van der Waals surface area contributed by atoms with Crippen LogP contribution in [-0.4, -0.2) is 13.0 Å². The van der Waals surface area contributed by atoms with E-state index in [1.165, 1.54) is 22.5 Å². The second-order valence-corrected chi connectivity index (χ2v) is 19.5. The van der Waals surface area contributed by atoms with Gasteiger partial charge in [-0.3, -0.25) is 13.0 Å². The largest absolute Gasteiger partial charge is 0.449 e. The number of nitrogens with zero attached hydrogens (tertiary/aromatic N) is 3. The summed E-state index contributed by atoms with van der Waals surface area (Å²) in [5.74, 6) is 3.68. The topological polar surface area (TPSA) is 51.7 Å². The lowest BCUT2D eigenvalue weighted by Crippen LogP contribution is -2.27. The molecule has 0 aliphatic carbocycles. The number of rotatable bonds is 4. The van der Waals surface area contributed by atoms with Gasteiger partial charge in [0.2, 0.25) is 0 Å². The zero-order valence-corrected chi connectivity index (χ0v) is 32.9. The first kappa shape index (κ1) is 33.4. The van der Waals surface area contributed by atoms with Gasteiger partial charge >= 0.3 is 17.0 Å². The number of benzene rings is 3. The molecule has 0 saturated heterocycles. The lowest BCUT2D eigenvalue weighted by atomic mass is 9.72. The van der Waals surface area contributed by atoms with Crippen molar-refractivity contribution in [1.29, 1.82) is 0 Å². The molecular weight excluding hydrogens is 684 g/mol. The zero-order chi connectivity index (χ0) is 36.2. The molecule has 3 aliphatic rings. The third-order valence-electron chi connectivity index (χ3n) is 10.6. The highest BCUT2D eigenvalue weighted by Crippen LogP contribution is 2.60. The molecule has 0 saturated carbocycles. The molecule has 9 rings (SSSR count). The third-order valence-corrected chi connectivity index (χ3v) is 13.9. The molecule has 3 aliphatic heterocycles. The Morgan fingerprint density at radius 3 is 1.71 bits per heavy atom. The van der Waals surface area contributed by atoms with Crippen LogP contribution in [0.2, 0.25) is 0 Å². The highest BCUT2D eigenvalue weighted by molar-refractivity contribution is 7.49. The zero-order valence-electron chi connectivity index (χ0n) is 31.1. The maximum absolute atomic E-state index is 7.23. The molecule has 3 aromatic heterocycles. The van der Waals surface area contributed by atoms with E-state index in [1.54, 1.807) is 0 Å². The third kappa shape index (κ3) is 5.47. The average Bonchev–Trinajstić information content (AvgIpc) is 3.85. The summed E-state index contributed by atoms with van der Waals surface area (Å²) in [5.41, 5.74) is 8.64. The molecule has 3 aromatic carbocycles. The van der Waals surface area contributed by atoms with Crippen molar-refractivity contribution in [3.63, 3.8) is 0 Å². The molecule has 0 spiro atoms. The van der Waals surface area contributed by atoms with Crippen molar-refractivity contribution in [3.8, 4) is 28.7 Å². The number of hydrogen-bond donors (Lipinski definition) is 0. The standard InChI is InChI=1S/C43H45N3O4P2/c1-41(2,3)29-23-34-39(37(25-29)48-51-44-19-11-16-32(44)27-33-17-12-20-45(33)51)47-40-35(43(34,7)8)24-30(42(4,5)6)26-38(40)50-52-46-21-13-15-31(46)22-28-14-9-10-18-36(28)49-52/h9-21,23-26H,22,27H2,1-8H3. The van der Waals surface area contributed by atoms with Crippen LogP contribution in [0.15, 0.2) is 104 Å². The summed E-state index contributed by atoms with van der Waals surface area (Å²) in [6, 6.07) is 30.0. The Kier molecular flexibility index (Phi) is 7.57. The van der Waals surface area contributed by atoms with Crippen LogP contribution in [0.1, 0.15) is 100 Å². The first-order valence-electron chi connectivity index (χ1n) is 18.0. The van der Waals surface area contributed by atoms with Crippen LogP contribution >= 0.6 is 17.0 Å². The molecule has 0 N–H and O–H groups in total. The van der Waals surface area contributed by atoms with Gasteiger partial charge in [-0.25, -0.2) is 0 Å². The van der Waals surface area contributed by atoms with Crippen LogP contribution in [0, 0.1) is 0 Å². The molecule has 6 heterocycles. The molecule has 6 aromatic rings. The summed E-state index contributed by atoms with van der Waals surface area (Å²) >= 11 is 0. The minimum absolute atomic E-state index is 0.119. The summed E-state index contributed by atoms with van der Waals surface area (Å²) < 4.78 is 35.0. The Labute approximate surface area is 309 Å². The van der Waals surface area contributed by atoms with Crippen molar-refractivity contribution in [2.45, 2.75) is 84.5 Å². The Hall–Kier alpha value is -4.44. The van der Waals surface area contributed by atoms with E-state index in [1.807, 2.05) is 12.1 Å². The van der Waals surface area contributed by atoms with E-state index in [-0.39, 0.29) is 10.8 Å². The maximum Gasteiger partial charge on any atom is 0.421 e. The van der Waals surface area contributed by atoms with E-state index < -0.39 is 22.4 Å². The molecule has 9 heteroatoms. The van der Waals surface area contributed by atoms with Crippen LogP contribution < -0.4 is 18.3 Å². The predicted octanol–water partition coefficient (Wildman–Crippen LogP) is 11.9. The molecule has 0 bridgehead atoms. The Balaban J connectivity index is 1.21. The number of aromatic nitrogens is 3. The van der Waals surface area contributed by atoms with Gasteiger partial charge < -0.3 is 18.3 Å². The molecule has 0 fully saturated rings. The number of fused-ring (bicyclic) bond motifs is 6. The van der Waals surface area contributed by atoms with Crippen molar-refractivity contribution in [2.24, 2.45) is 0 Å². The van der Waals surface area contributed by atoms with E-state index in [0.717, 1.165) is 52.5 Å². The summed E-state index contributed by atoms with van der Waals surface area (Å²) in [7, 11) is -2.85. The van der Waals surface area contributed by atoms with E-state index in [9.17, 15) is 0 Å². The minimum Gasteiger partial charge on any atom is -0.449 e. The summed E-state index contributed by atoms with van der Waals surface area (Å²) in [5, 5.41) is 0. The van der Waals surface area contributed by atoms with Crippen LogP contribution in [-0.2, 0) is 29.1 Å². The highest BCUT2D eigenvalue weighted by Gasteiger charge is 2.42. The average molecular weight is 730 g/mol. The molecular formula is C43H45N3O4P2. The van der Waals surface area contributed by atoms with Gasteiger partial charge in [0.25, 0.3) is 0 Å². The molecule has 7 nitrogen and oxygen atoms in total. The SMILES string of the molecule is CC(C)(C)c1cc(OP2Oc3ccccc3Cc3cccn32)c2c(c1)C(C)(C)c1cc(C(C)(C)C)cc(OP3n4cccc4Cc4cccn43)c1O2. The summed E-state index contributed by atoms with van der Waals surface area (Å²) in [6.07, 6.45) is 7.97. The van der Waals surface area contributed by atoms with E-state index >= 15 is 0 Å². The fourth-order valence-electron chi connectivity index (χ4n) is 7.40. The molecule has 52 heavy (non-hydrogen) atoms. The van der Waals surface area contributed by atoms with Gasteiger partial charge in [-0.1, -0.05) is 85.7 Å². The van der Waals surface area contributed by atoms with Gasteiger partial charge in [-0.15, -0.1) is 0 Å². The molecule has 1 unspecified atom stereocenters. The second-order valence-electron chi connectivity index (χ2n) is 16.7. The fourth-order valence-corrected chi connectivity index (χ4v) is 10.6. The van der Waals surface area contributed by atoms with Gasteiger partial charge in [0.05, 0.1) is 0 Å². The van der Waals surface area contributed by atoms with E-state index in [0.29, 0.717) is 11.5 Å². The van der Waals surface area contributed by atoms with Crippen LogP contribution in [0.5, 0.6) is 28.7 Å². The van der Waals surface area contributed by atoms with Crippen molar-refractivity contribution in [2.75, 3.05) is 0 Å². The summed E-state index contributed by atoms with van der Waals surface area (Å²) in [6.45, 7) is 18.1. The Morgan fingerprint density at radius 1 is 0.615 bits per heavy atom. The van der Waals surface area contributed by atoms with Gasteiger partial charge in [0, 0.05) is 70.6 Å². The van der Waals surface area contributed by atoms with Crippen molar-refractivity contribution < 1.29 is 18.3 Å². The van der Waals surface area contributed by atoms with Gasteiger partial charge in [-0.05, 0) is 76.6 Å². The molecule has 266 valence electrons. The molecule has 1 atom stereocenters. The number of hydrogen-bond acceptors (Lipinski definition) is 4. The van der Waals surface area contributed by atoms with Crippen molar-refractivity contribution in [1.82, 2.24) is 13.0 Å². The van der Waals surface area contributed by atoms with Gasteiger partial charge in [0.15, 0.2) is 23.0 Å². The monoisotopic (exact) mass is 729 g/mol. The van der Waals surface area contributed by atoms with Crippen LogP contribution in [0.3, 0.4) is 0 Å². The predicted molar refractivity (Wildman–Crippen MR) is 210 cm³/mol. The minimum atomic E-state index is -1.59. The van der Waals surface area contributed by atoms with Gasteiger partial charge in [-0.2, -0.15) is 0 Å². The highest BCUT2D eigenvalue weighted by atomic mass is 31.2. The number of para-hydroxylation sites is 1. The van der Waals surface area contributed by atoms with Crippen LogP contribution in [0.4, 0.5) is 0 Å². The lowest BCUT2D eigenvalue weighted by Gasteiger charge is -2.39. The van der Waals surface area contributed by atoms with E-state index in [2.05, 4.69) is 160 Å². The van der Waals surface area contributed by atoms with Crippen molar-refractivity contribution in [3.05, 3.63) is 148 Å². The first-order valence-corrected chi connectivity index (χ1v) is 20.3. The van der Waals surface area contributed by atoms with Crippen molar-refractivity contribution >= 4 is 17.0 Å². The smallest absolute Gasteiger partial charge is 0.421 e.